The Hall–Kier alpha value is -1.30. The van der Waals surface area contributed by atoms with E-state index in [9.17, 15) is 0 Å². The summed E-state index contributed by atoms with van der Waals surface area (Å²) in [4.78, 5) is 0. The van der Waals surface area contributed by atoms with E-state index in [2.05, 4.69) is 11.8 Å². The van der Waals surface area contributed by atoms with Gasteiger partial charge < -0.3 is 9.47 Å². The third-order valence-corrected chi connectivity index (χ3v) is 1.79. The Morgan fingerprint density at radius 3 is 2.50 bits per heavy atom. The lowest BCUT2D eigenvalue weighted by Crippen LogP contribution is -1.98. The first-order valence-electron chi connectivity index (χ1n) is 4.43. The number of benzene rings is 1. The van der Waals surface area contributed by atoms with Crippen molar-refractivity contribution < 1.29 is 9.47 Å². The second-order valence-corrected chi connectivity index (χ2v) is 2.78. The molecule has 0 aliphatic carbocycles. The lowest BCUT2D eigenvalue weighted by molar-refractivity contribution is 0.150. The van der Waals surface area contributed by atoms with Gasteiger partial charge in [0.1, 0.15) is 12.7 Å². The minimum Gasteiger partial charge on any atom is -0.372 e. The van der Waals surface area contributed by atoms with Crippen LogP contribution < -0.4 is 0 Å². The van der Waals surface area contributed by atoms with Crippen LogP contribution in [0.15, 0.2) is 30.3 Å². The van der Waals surface area contributed by atoms with Gasteiger partial charge in [-0.3, -0.25) is 0 Å². The number of rotatable bonds is 3. The molecule has 0 saturated heterocycles. The Morgan fingerprint density at radius 1 is 1.21 bits per heavy atom. The van der Waals surface area contributed by atoms with Gasteiger partial charge in [0.05, 0.1) is 0 Å². The van der Waals surface area contributed by atoms with Crippen LogP contribution in [0.5, 0.6) is 0 Å². The first-order valence-corrected chi connectivity index (χ1v) is 4.43. The fourth-order valence-corrected chi connectivity index (χ4v) is 1.11. The molecule has 0 N–H and O–H groups in total. The van der Waals surface area contributed by atoms with Crippen molar-refractivity contribution in [1.29, 1.82) is 0 Å². The molecule has 0 bridgehead atoms. The summed E-state index contributed by atoms with van der Waals surface area (Å²) < 4.78 is 10.1. The van der Waals surface area contributed by atoms with E-state index in [4.69, 9.17) is 9.47 Å². The molecule has 0 aliphatic heterocycles. The van der Waals surface area contributed by atoms with Gasteiger partial charge in [-0.2, -0.15) is 0 Å². The quantitative estimate of drug-likeness (QED) is 0.679. The monoisotopic (exact) mass is 190 g/mol. The average Bonchev–Trinajstić information content (AvgIpc) is 2.26. The van der Waals surface area contributed by atoms with Gasteiger partial charge in [-0.05, 0) is 5.56 Å². The molecule has 0 radical (unpaired) electrons. The first-order chi connectivity index (χ1) is 6.88. The predicted molar refractivity (Wildman–Crippen MR) is 55.8 cm³/mol. The summed E-state index contributed by atoms with van der Waals surface area (Å²) in [6.45, 7) is 0.437. The van der Waals surface area contributed by atoms with Crippen LogP contribution in [-0.4, -0.2) is 20.8 Å². The molecule has 0 fully saturated rings. The van der Waals surface area contributed by atoms with Crippen molar-refractivity contribution in [1.82, 2.24) is 0 Å². The number of hydrogen-bond acceptors (Lipinski definition) is 2. The van der Waals surface area contributed by atoms with E-state index in [0.717, 1.165) is 5.56 Å². The van der Waals surface area contributed by atoms with E-state index in [0.29, 0.717) is 6.61 Å². The number of methoxy groups -OCH3 is 2. The molecule has 1 rings (SSSR count). The fourth-order valence-electron chi connectivity index (χ4n) is 1.11. The van der Waals surface area contributed by atoms with E-state index in [1.807, 2.05) is 30.3 Å². The first kappa shape index (κ1) is 10.8. The highest BCUT2D eigenvalue weighted by Crippen LogP contribution is 2.14. The Morgan fingerprint density at radius 2 is 1.93 bits per heavy atom. The highest BCUT2D eigenvalue weighted by atomic mass is 16.5. The Bertz CT molecular complexity index is 308. The Kier molecular flexibility index (Phi) is 4.77. The lowest BCUT2D eigenvalue weighted by atomic mass is 10.1. The van der Waals surface area contributed by atoms with Crippen LogP contribution in [0.4, 0.5) is 0 Å². The Balaban J connectivity index is 2.69. The van der Waals surface area contributed by atoms with Gasteiger partial charge in [-0.25, -0.2) is 0 Å². The van der Waals surface area contributed by atoms with Crippen LogP contribution in [0.25, 0.3) is 0 Å². The molecule has 0 aromatic heterocycles. The van der Waals surface area contributed by atoms with Gasteiger partial charge >= 0.3 is 0 Å². The molecular formula is C12H14O2. The van der Waals surface area contributed by atoms with Crippen molar-refractivity contribution in [3.8, 4) is 11.8 Å². The van der Waals surface area contributed by atoms with Crippen molar-refractivity contribution in [3.63, 3.8) is 0 Å². The van der Waals surface area contributed by atoms with Gasteiger partial charge in [0.2, 0.25) is 0 Å². The van der Waals surface area contributed by atoms with Crippen LogP contribution in [0.2, 0.25) is 0 Å². The molecule has 1 unspecified atom stereocenters. The molecule has 0 amide bonds. The summed E-state index contributed by atoms with van der Waals surface area (Å²) >= 11 is 0. The van der Waals surface area contributed by atoms with E-state index < -0.39 is 0 Å². The normalized spacial score (nSPS) is 11.6. The minimum absolute atomic E-state index is 0.161. The zero-order chi connectivity index (χ0) is 10.2. The summed E-state index contributed by atoms with van der Waals surface area (Å²) in [7, 11) is 3.28. The molecule has 0 saturated carbocycles. The average molecular weight is 190 g/mol. The zero-order valence-corrected chi connectivity index (χ0v) is 8.49. The van der Waals surface area contributed by atoms with Crippen LogP contribution in [0.3, 0.4) is 0 Å². The highest BCUT2D eigenvalue weighted by Gasteiger charge is 2.04. The molecule has 2 heteroatoms. The predicted octanol–water partition coefficient (Wildman–Crippen LogP) is 2.02. The molecule has 1 aromatic carbocycles. The van der Waals surface area contributed by atoms with E-state index in [-0.39, 0.29) is 6.10 Å². The van der Waals surface area contributed by atoms with E-state index >= 15 is 0 Å². The van der Waals surface area contributed by atoms with Crippen LogP contribution in [-0.2, 0) is 9.47 Å². The molecule has 0 aliphatic rings. The number of hydrogen-bond donors (Lipinski definition) is 0. The maximum absolute atomic E-state index is 5.25. The van der Waals surface area contributed by atoms with Gasteiger partial charge in [0.15, 0.2) is 0 Å². The Labute approximate surface area is 84.8 Å². The maximum atomic E-state index is 5.25. The highest BCUT2D eigenvalue weighted by molar-refractivity contribution is 5.25. The fraction of sp³-hybridized carbons (Fsp3) is 0.333. The largest absolute Gasteiger partial charge is 0.372 e. The van der Waals surface area contributed by atoms with Crippen molar-refractivity contribution in [2.75, 3.05) is 20.8 Å². The minimum atomic E-state index is -0.161. The van der Waals surface area contributed by atoms with Crippen LogP contribution >= 0.6 is 0 Å². The summed E-state index contributed by atoms with van der Waals surface area (Å²) in [5.41, 5.74) is 1.07. The number of ether oxygens (including phenoxy) is 2. The van der Waals surface area contributed by atoms with Crippen molar-refractivity contribution in [2.24, 2.45) is 0 Å². The molecule has 1 atom stereocenters. The second-order valence-electron chi connectivity index (χ2n) is 2.78. The second kappa shape index (κ2) is 6.20. The van der Waals surface area contributed by atoms with Crippen molar-refractivity contribution in [3.05, 3.63) is 35.9 Å². The van der Waals surface area contributed by atoms with Gasteiger partial charge in [-0.1, -0.05) is 42.2 Å². The summed E-state index contributed by atoms with van der Waals surface area (Å²) in [5.74, 6) is 5.88. The zero-order valence-electron chi connectivity index (χ0n) is 8.49. The molecule has 14 heavy (non-hydrogen) atoms. The van der Waals surface area contributed by atoms with Gasteiger partial charge in [0, 0.05) is 14.2 Å². The molecular weight excluding hydrogens is 176 g/mol. The van der Waals surface area contributed by atoms with E-state index in [1.165, 1.54) is 0 Å². The molecule has 0 spiro atoms. The van der Waals surface area contributed by atoms with Gasteiger partial charge in [0.25, 0.3) is 0 Å². The molecule has 74 valence electrons. The molecule has 1 aromatic rings. The lowest BCUT2D eigenvalue weighted by Gasteiger charge is -2.07. The SMILES string of the molecule is COCC#CC(OC)c1ccccc1. The van der Waals surface area contributed by atoms with Gasteiger partial charge in [-0.15, -0.1) is 0 Å². The standard InChI is InChI=1S/C12H14O2/c1-13-10-6-9-12(14-2)11-7-4-3-5-8-11/h3-5,7-8,12H,10H2,1-2H3. The van der Waals surface area contributed by atoms with E-state index in [1.54, 1.807) is 14.2 Å². The third-order valence-electron chi connectivity index (χ3n) is 1.79. The topological polar surface area (TPSA) is 18.5 Å². The van der Waals surface area contributed by atoms with Crippen LogP contribution in [0.1, 0.15) is 11.7 Å². The molecule has 2 nitrogen and oxygen atoms in total. The maximum Gasteiger partial charge on any atom is 0.143 e. The van der Waals surface area contributed by atoms with Crippen molar-refractivity contribution >= 4 is 0 Å². The molecule has 0 heterocycles. The summed E-state index contributed by atoms with van der Waals surface area (Å²) in [6.07, 6.45) is -0.161. The third kappa shape index (κ3) is 3.21. The van der Waals surface area contributed by atoms with Crippen LogP contribution in [0, 0.1) is 11.8 Å². The van der Waals surface area contributed by atoms with Crippen molar-refractivity contribution in [2.45, 2.75) is 6.10 Å². The smallest absolute Gasteiger partial charge is 0.143 e. The summed E-state index contributed by atoms with van der Waals surface area (Å²) in [6, 6.07) is 9.91. The summed E-state index contributed by atoms with van der Waals surface area (Å²) in [5, 5.41) is 0.